The molecule has 41 heavy (non-hydrogen) atoms. The molecule has 1 spiro atoms. The van der Waals surface area contributed by atoms with Gasteiger partial charge in [0.15, 0.2) is 0 Å². The molecule has 3 unspecified atom stereocenters. The molecule has 2 aromatic carbocycles. The number of para-hydroxylation sites is 2. The van der Waals surface area contributed by atoms with Crippen LogP contribution >= 0.6 is 11.8 Å². The molecule has 3 aliphatic rings. The van der Waals surface area contributed by atoms with Gasteiger partial charge in [-0.3, -0.25) is 14.4 Å². The maximum atomic E-state index is 14.2. The molecule has 3 saturated heterocycles. The smallest absolute Gasteiger partial charge is 0.245 e. The van der Waals surface area contributed by atoms with Gasteiger partial charge >= 0.3 is 0 Å². The summed E-state index contributed by atoms with van der Waals surface area (Å²) < 4.78 is 0.969. The molecule has 0 radical (unpaired) electrons. The van der Waals surface area contributed by atoms with E-state index in [2.05, 4.69) is 27.9 Å². The fourth-order valence-corrected chi connectivity index (χ4v) is 9.56. The van der Waals surface area contributed by atoms with Gasteiger partial charge in [-0.25, -0.2) is 4.68 Å². The summed E-state index contributed by atoms with van der Waals surface area (Å²) in [6.07, 6.45) is 3.94. The molecule has 2 bridgehead atoms. The fourth-order valence-electron chi connectivity index (χ4n) is 7.14. The van der Waals surface area contributed by atoms with E-state index in [9.17, 15) is 14.4 Å². The Kier molecular flexibility index (Phi) is 7.74. The third-order valence-electron chi connectivity index (χ3n) is 8.97. The number of hydrogen-bond donors (Lipinski definition) is 3. The van der Waals surface area contributed by atoms with Crippen LogP contribution in [-0.4, -0.2) is 71.9 Å². The summed E-state index contributed by atoms with van der Waals surface area (Å²) in [5.74, 6) is -1.45. The molecule has 4 heterocycles. The Morgan fingerprint density at radius 3 is 2.61 bits per heavy atom. The highest BCUT2D eigenvalue weighted by Gasteiger charge is 2.75. The number of hydrogen-bond acceptors (Lipinski definition) is 7. The number of nitrogens with one attached hydrogen (secondary N) is 2. The van der Waals surface area contributed by atoms with Crippen molar-refractivity contribution in [3.63, 3.8) is 0 Å². The molecule has 0 aliphatic carbocycles. The van der Waals surface area contributed by atoms with Gasteiger partial charge in [-0.2, -0.15) is 0 Å². The molecule has 6 atom stereocenters. The summed E-state index contributed by atoms with van der Waals surface area (Å²) in [4.78, 5) is 43.7. The summed E-state index contributed by atoms with van der Waals surface area (Å²) in [5.41, 5.74) is 2.26. The highest BCUT2D eigenvalue weighted by molar-refractivity contribution is 8.02. The van der Waals surface area contributed by atoms with Crippen molar-refractivity contribution in [3.8, 4) is 0 Å². The van der Waals surface area contributed by atoms with Gasteiger partial charge in [0.05, 0.1) is 22.1 Å². The van der Waals surface area contributed by atoms with Crippen LogP contribution in [0.3, 0.4) is 0 Å². The van der Waals surface area contributed by atoms with Crippen LogP contribution in [0, 0.1) is 17.8 Å². The van der Waals surface area contributed by atoms with E-state index in [-0.39, 0.29) is 42.2 Å². The Balaban J connectivity index is 1.27. The van der Waals surface area contributed by atoms with Crippen LogP contribution in [0.2, 0.25) is 0 Å². The van der Waals surface area contributed by atoms with E-state index in [4.69, 9.17) is 5.11 Å². The molecular weight excluding hydrogens is 540 g/mol. The van der Waals surface area contributed by atoms with Crippen molar-refractivity contribution in [1.82, 2.24) is 25.2 Å². The number of carbonyl (C=O) groups excluding carboxylic acids is 3. The first-order valence-corrected chi connectivity index (χ1v) is 15.3. The van der Waals surface area contributed by atoms with Crippen molar-refractivity contribution >= 4 is 46.2 Å². The average Bonchev–Trinajstić information content (AvgIpc) is 3.69. The standard InChI is InChI=1S/C30H36N6O4S/c1-19-17-23-24(27(38)32-20-11-5-4-6-12-20)25-29(40)35(15-9-2-3-10-16-37)26(30(19,25)41-23)28(39)31-18-36-22-14-8-7-13-21(22)33-34-36/h4-8,11-14,19,23-26,37H,2-3,9-10,15-18H2,1H3,(H,31,39)(H,32,38)/t19?,23-,24+,25-,26?,30?/m0/s1. The number of aromatic nitrogens is 3. The molecule has 3 amide bonds. The van der Waals surface area contributed by atoms with E-state index in [1.54, 1.807) is 21.3 Å². The van der Waals surface area contributed by atoms with Crippen LogP contribution in [0.25, 0.3) is 11.0 Å². The minimum absolute atomic E-state index is 0.0241. The first kappa shape index (κ1) is 27.7. The molecular formula is C30H36N6O4S. The lowest BCUT2D eigenvalue weighted by atomic mass is 9.66. The second kappa shape index (κ2) is 11.4. The number of aliphatic hydroxyl groups excluding tert-OH is 1. The van der Waals surface area contributed by atoms with Gasteiger partial charge < -0.3 is 20.6 Å². The Bertz CT molecular complexity index is 1430. The van der Waals surface area contributed by atoms with Crippen LogP contribution < -0.4 is 10.6 Å². The second-order valence-electron chi connectivity index (χ2n) is 11.4. The van der Waals surface area contributed by atoms with Crippen molar-refractivity contribution in [2.75, 3.05) is 18.5 Å². The Labute approximate surface area is 243 Å². The van der Waals surface area contributed by atoms with E-state index < -0.39 is 22.6 Å². The largest absolute Gasteiger partial charge is 0.396 e. The number of fused-ring (bicyclic) bond motifs is 2. The number of aliphatic hydroxyl groups is 1. The van der Waals surface area contributed by atoms with Crippen molar-refractivity contribution in [3.05, 3.63) is 54.6 Å². The Morgan fingerprint density at radius 1 is 1.05 bits per heavy atom. The van der Waals surface area contributed by atoms with Crippen molar-refractivity contribution in [1.29, 1.82) is 0 Å². The van der Waals surface area contributed by atoms with Crippen molar-refractivity contribution in [2.24, 2.45) is 17.8 Å². The number of unbranched alkanes of at least 4 members (excludes halogenated alkanes) is 3. The number of benzene rings is 2. The summed E-state index contributed by atoms with van der Waals surface area (Å²) in [5, 5.41) is 23.6. The van der Waals surface area contributed by atoms with Crippen molar-refractivity contribution < 1.29 is 19.5 Å². The third-order valence-corrected chi connectivity index (χ3v) is 11.0. The molecule has 6 rings (SSSR count). The predicted octanol–water partition coefficient (Wildman–Crippen LogP) is 3.03. The highest BCUT2D eigenvalue weighted by Crippen LogP contribution is 2.68. The zero-order valence-electron chi connectivity index (χ0n) is 23.1. The van der Waals surface area contributed by atoms with Crippen LogP contribution in [-0.2, 0) is 21.1 Å². The van der Waals surface area contributed by atoms with E-state index in [0.29, 0.717) is 18.7 Å². The normalized spacial score (nSPS) is 28.3. The monoisotopic (exact) mass is 576 g/mol. The quantitative estimate of drug-likeness (QED) is 0.299. The van der Waals surface area contributed by atoms with E-state index >= 15 is 0 Å². The fraction of sp³-hybridized carbons (Fsp3) is 0.500. The maximum absolute atomic E-state index is 14.2. The molecule has 3 N–H and O–H groups in total. The Morgan fingerprint density at radius 2 is 1.80 bits per heavy atom. The van der Waals surface area contributed by atoms with Crippen molar-refractivity contribution in [2.45, 2.75) is 61.7 Å². The lowest BCUT2D eigenvalue weighted by molar-refractivity contribution is -0.139. The molecule has 0 saturated carbocycles. The zero-order valence-corrected chi connectivity index (χ0v) is 23.9. The number of carbonyl (C=O) groups is 3. The Hall–Kier alpha value is -3.44. The maximum Gasteiger partial charge on any atom is 0.245 e. The average molecular weight is 577 g/mol. The highest BCUT2D eigenvalue weighted by atomic mass is 32.2. The molecule has 216 valence electrons. The topological polar surface area (TPSA) is 129 Å². The number of thioether (sulfide) groups is 1. The number of rotatable bonds is 11. The molecule has 3 aromatic rings. The van der Waals surface area contributed by atoms with E-state index in [1.165, 1.54) is 0 Å². The first-order chi connectivity index (χ1) is 20.0. The lowest BCUT2D eigenvalue weighted by Gasteiger charge is -2.38. The molecule has 3 fully saturated rings. The number of anilines is 1. The van der Waals surface area contributed by atoms with Gasteiger partial charge in [0, 0.05) is 24.1 Å². The van der Waals surface area contributed by atoms with Gasteiger partial charge in [-0.1, -0.05) is 55.3 Å². The lowest BCUT2D eigenvalue weighted by Crippen LogP contribution is -2.56. The third kappa shape index (κ3) is 4.78. The van der Waals surface area contributed by atoms with Gasteiger partial charge in [-0.05, 0) is 49.4 Å². The summed E-state index contributed by atoms with van der Waals surface area (Å²) in [7, 11) is 0. The summed E-state index contributed by atoms with van der Waals surface area (Å²) in [6, 6.07) is 16.2. The van der Waals surface area contributed by atoms with Gasteiger partial charge in [-0.15, -0.1) is 16.9 Å². The van der Waals surface area contributed by atoms with Crippen LogP contribution in [0.1, 0.15) is 39.0 Å². The van der Waals surface area contributed by atoms with Gasteiger partial charge in [0.1, 0.15) is 18.2 Å². The molecule has 10 nitrogen and oxygen atoms in total. The van der Waals surface area contributed by atoms with Crippen LogP contribution in [0.15, 0.2) is 54.6 Å². The van der Waals surface area contributed by atoms with Crippen LogP contribution in [0.5, 0.6) is 0 Å². The SMILES string of the molecule is CC1C[C@@H]2SC13C(C(=O)NCn1nnc4ccccc41)N(CCCCCCO)C(=O)[C@@H]3[C@@H]2C(=O)Nc1ccccc1. The number of nitrogens with zero attached hydrogens (tertiary/aromatic N) is 4. The van der Waals surface area contributed by atoms with Gasteiger partial charge in [0.25, 0.3) is 0 Å². The van der Waals surface area contributed by atoms with Crippen LogP contribution in [0.4, 0.5) is 5.69 Å². The number of likely N-dealkylation sites (tertiary alicyclic amines) is 1. The minimum atomic E-state index is -0.688. The van der Waals surface area contributed by atoms with E-state index in [1.807, 2.05) is 54.6 Å². The molecule has 11 heteroatoms. The second-order valence-corrected chi connectivity index (χ2v) is 12.9. The first-order valence-electron chi connectivity index (χ1n) is 14.5. The summed E-state index contributed by atoms with van der Waals surface area (Å²) >= 11 is 1.67. The molecule has 3 aliphatic heterocycles. The molecule has 1 aromatic heterocycles. The minimum Gasteiger partial charge on any atom is -0.396 e. The number of amides is 3. The summed E-state index contributed by atoms with van der Waals surface area (Å²) in [6.45, 7) is 2.84. The predicted molar refractivity (Wildman–Crippen MR) is 157 cm³/mol. The van der Waals surface area contributed by atoms with Gasteiger partial charge in [0.2, 0.25) is 17.7 Å². The zero-order chi connectivity index (χ0) is 28.6. The van der Waals surface area contributed by atoms with E-state index in [0.717, 1.165) is 36.7 Å².